The average molecular weight is 309 g/mol. The van der Waals surface area contributed by atoms with Crippen LogP contribution in [0.15, 0.2) is 36.4 Å². The molecule has 2 aromatic rings. The van der Waals surface area contributed by atoms with E-state index in [0.29, 0.717) is 10.6 Å². The molecule has 2 nitrogen and oxygen atoms in total. The third-order valence-electron chi connectivity index (χ3n) is 2.65. The molecule has 108 valence electrons. The Morgan fingerprint density at radius 1 is 1.10 bits per heavy atom. The van der Waals surface area contributed by atoms with Crippen molar-refractivity contribution >= 4 is 11.6 Å². The maximum Gasteiger partial charge on any atom is 0.142 e. The van der Waals surface area contributed by atoms with Gasteiger partial charge in [0.05, 0.1) is 5.56 Å². The number of aliphatic hydroxyl groups is 1. The Balaban J connectivity index is 2.08. The Morgan fingerprint density at radius 3 is 2.57 bits per heavy atom. The number of benzene rings is 2. The van der Waals surface area contributed by atoms with E-state index in [0.717, 1.165) is 6.07 Å². The first-order valence-electron chi connectivity index (χ1n) is 6.06. The molecule has 0 aliphatic heterocycles. The van der Waals surface area contributed by atoms with Crippen molar-refractivity contribution in [2.75, 3.05) is 6.61 Å². The zero-order valence-electron chi connectivity index (χ0n) is 10.9. The molecule has 1 N–H and O–H groups in total. The van der Waals surface area contributed by atoms with Gasteiger partial charge in [-0.1, -0.05) is 29.5 Å². The predicted molar refractivity (Wildman–Crippen MR) is 76.1 cm³/mol. The summed E-state index contributed by atoms with van der Waals surface area (Å²) in [7, 11) is 0. The smallest absolute Gasteiger partial charge is 0.142 e. The van der Waals surface area contributed by atoms with E-state index in [4.69, 9.17) is 21.4 Å². The Morgan fingerprint density at radius 2 is 1.90 bits per heavy atom. The lowest BCUT2D eigenvalue weighted by molar-refractivity contribution is 0.298. The summed E-state index contributed by atoms with van der Waals surface area (Å²) in [6.07, 6.45) is 0. The Hall–Kier alpha value is -2.09. The molecule has 0 saturated carbocycles. The van der Waals surface area contributed by atoms with Crippen molar-refractivity contribution in [3.63, 3.8) is 0 Å². The van der Waals surface area contributed by atoms with Crippen molar-refractivity contribution in [3.05, 3.63) is 64.2 Å². The zero-order chi connectivity index (χ0) is 15.2. The van der Waals surface area contributed by atoms with Crippen molar-refractivity contribution in [3.8, 4) is 17.6 Å². The Bertz CT molecular complexity index is 705. The average Bonchev–Trinajstić information content (AvgIpc) is 2.45. The molecule has 0 aliphatic rings. The SMILES string of the molecule is OCC#Cc1ccc(OCc2ccc(Cl)cc2F)cc1F. The van der Waals surface area contributed by atoms with Gasteiger partial charge >= 0.3 is 0 Å². The normalized spacial score (nSPS) is 9.90. The number of hydrogen-bond acceptors (Lipinski definition) is 2. The van der Waals surface area contributed by atoms with Gasteiger partial charge in [0.15, 0.2) is 0 Å². The quantitative estimate of drug-likeness (QED) is 0.879. The molecule has 0 saturated heterocycles. The highest BCUT2D eigenvalue weighted by Gasteiger charge is 2.06. The molecule has 0 bridgehead atoms. The van der Waals surface area contributed by atoms with Crippen molar-refractivity contribution in [2.45, 2.75) is 6.61 Å². The molecule has 0 fully saturated rings. The summed E-state index contributed by atoms with van der Waals surface area (Å²) in [5.74, 6) is 4.05. The molecule has 2 aromatic carbocycles. The maximum absolute atomic E-state index is 13.7. The molecular formula is C16H11ClF2O2. The molecule has 0 atom stereocenters. The molecule has 5 heteroatoms. The molecular weight excluding hydrogens is 298 g/mol. The lowest BCUT2D eigenvalue weighted by Gasteiger charge is -2.08. The third kappa shape index (κ3) is 4.19. The van der Waals surface area contributed by atoms with Gasteiger partial charge in [-0.25, -0.2) is 8.78 Å². The van der Waals surface area contributed by atoms with Gasteiger partial charge in [-0.3, -0.25) is 0 Å². The first-order chi connectivity index (χ1) is 10.1. The number of rotatable bonds is 3. The fourth-order valence-corrected chi connectivity index (χ4v) is 1.78. The molecule has 0 spiro atoms. The molecule has 0 aromatic heterocycles. The molecule has 0 unspecified atom stereocenters. The summed E-state index contributed by atoms with van der Waals surface area (Å²) in [6.45, 7) is -0.377. The van der Waals surface area contributed by atoms with Crippen LogP contribution in [0.25, 0.3) is 0 Å². The van der Waals surface area contributed by atoms with Gasteiger partial charge in [0.2, 0.25) is 0 Å². The highest BCUT2D eigenvalue weighted by atomic mass is 35.5. The number of hydrogen-bond donors (Lipinski definition) is 1. The van der Waals surface area contributed by atoms with E-state index in [9.17, 15) is 8.78 Å². The third-order valence-corrected chi connectivity index (χ3v) is 2.89. The molecule has 0 amide bonds. The molecule has 0 heterocycles. The van der Waals surface area contributed by atoms with E-state index in [2.05, 4.69) is 11.8 Å². The zero-order valence-corrected chi connectivity index (χ0v) is 11.6. The second-order valence-corrected chi connectivity index (χ2v) is 4.56. The largest absolute Gasteiger partial charge is 0.489 e. The summed E-state index contributed by atoms with van der Waals surface area (Å²) in [4.78, 5) is 0. The van der Waals surface area contributed by atoms with Gasteiger partial charge in [0.25, 0.3) is 0 Å². The minimum Gasteiger partial charge on any atom is -0.489 e. The maximum atomic E-state index is 13.7. The van der Waals surface area contributed by atoms with Crippen LogP contribution in [0.4, 0.5) is 8.78 Å². The standard InChI is InChI=1S/C16H11ClF2O2/c17-13-5-3-12(15(18)8-13)10-21-14-6-4-11(2-1-7-20)16(19)9-14/h3-6,8-9,20H,7,10H2. The van der Waals surface area contributed by atoms with Crippen molar-refractivity contribution in [2.24, 2.45) is 0 Å². The number of ether oxygens (including phenoxy) is 1. The van der Waals surface area contributed by atoms with Crippen LogP contribution in [0.3, 0.4) is 0 Å². The van der Waals surface area contributed by atoms with Gasteiger partial charge in [-0.15, -0.1) is 0 Å². The minimum atomic E-state index is -0.565. The van der Waals surface area contributed by atoms with Crippen molar-refractivity contribution < 1.29 is 18.6 Å². The second-order valence-electron chi connectivity index (χ2n) is 4.13. The van der Waals surface area contributed by atoms with Crippen LogP contribution in [0, 0.1) is 23.5 Å². The van der Waals surface area contributed by atoms with Gasteiger partial charge in [-0.2, -0.15) is 0 Å². The molecule has 21 heavy (non-hydrogen) atoms. The number of aliphatic hydroxyl groups excluding tert-OH is 1. The van der Waals surface area contributed by atoms with Gasteiger partial charge in [0.1, 0.15) is 30.6 Å². The summed E-state index contributed by atoms with van der Waals surface area (Å²) in [6, 6.07) is 8.38. The van der Waals surface area contributed by atoms with Gasteiger partial charge in [-0.05, 0) is 24.3 Å². The van der Waals surface area contributed by atoms with Crippen LogP contribution in [-0.4, -0.2) is 11.7 Å². The lowest BCUT2D eigenvalue weighted by atomic mass is 10.2. The highest BCUT2D eigenvalue weighted by molar-refractivity contribution is 6.30. The van der Waals surface area contributed by atoms with Crippen LogP contribution in [0.2, 0.25) is 5.02 Å². The summed E-state index contributed by atoms with van der Waals surface area (Å²) in [5.41, 5.74) is 0.484. The van der Waals surface area contributed by atoms with Crippen LogP contribution < -0.4 is 4.74 Å². The van der Waals surface area contributed by atoms with E-state index in [1.807, 2.05) is 0 Å². The van der Waals surface area contributed by atoms with E-state index in [1.165, 1.54) is 24.3 Å². The van der Waals surface area contributed by atoms with Gasteiger partial charge < -0.3 is 9.84 Å². The monoisotopic (exact) mass is 308 g/mol. The first kappa shape index (κ1) is 15.3. The highest BCUT2D eigenvalue weighted by Crippen LogP contribution is 2.19. The van der Waals surface area contributed by atoms with Crippen LogP contribution in [0.1, 0.15) is 11.1 Å². The molecule has 0 aliphatic carbocycles. The number of halogens is 3. The fourth-order valence-electron chi connectivity index (χ4n) is 1.62. The molecule has 2 rings (SSSR count). The van der Waals surface area contributed by atoms with Crippen LogP contribution in [-0.2, 0) is 6.61 Å². The first-order valence-corrected chi connectivity index (χ1v) is 6.44. The van der Waals surface area contributed by atoms with E-state index in [-0.39, 0.29) is 24.5 Å². The van der Waals surface area contributed by atoms with Crippen LogP contribution >= 0.6 is 11.6 Å². The minimum absolute atomic E-state index is 0.0376. The Kier molecular flexibility index (Phi) is 5.15. The van der Waals surface area contributed by atoms with Crippen molar-refractivity contribution in [1.82, 2.24) is 0 Å². The van der Waals surface area contributed by atoms with Crippen LogP contribution in [0.5, 0.6) is 5.75 Å². The predicted octanol–water partition coefficient (Wildman–Crippen LogP) is 3.54. The molecule has 0 radical (unpaired) electrons. The summed E-state index contributed by atoms with van der Waals surface area (Å²) >= 11 is 5.65. The topological polar surface area (TPSA) is 29.5 Å². The van der Waals surface area contributed by atoms with E-state index in [1.54, 1.807) is 6.07 Å². The second kappa shape index (κ2) is 7.07. The summed E-state index contributed by atoms with van der Waals surface area (Å²) in [5, 5.41) is 8.86. The van der Waals surface area contributed by atoms with E-state index < -0.39 is 11.6 Å². The van der Waals surface area contributed by atoms with Crippen molar-refractivity contribution in [1.29, 1.82) is 0 Å². The summed E-state index contributed by atoms with van der Waals surface area (Å²) < 4.78 is 32.6. The Labute approximate surface area is 125 Å². The van der Waals surface area contributed by atoms with Gasteiger partial charge in [0, 0.05) is 16.7 Å². The van der Waals surface area contributed by atoms with E-state index >= 15 is 0 Å². The lowest BCUT2D eigenvalue weighted by Crippen LogP contribution is -1.99. The fraction of sp³-hybridized carbons (Fsp3) is 0.125.